The summed E-state index contributed by atoms with van der Waals surface area (Å²) in [5, 5.41) is -0.983. The lowest BCUT2D eigenvalue weighted by molar-refractivity contribution is 0.174. The van der Waals surface area contributed by atoms with Crippen LogP contribution in [0.1, 0.15) is 6.42 Å². The Morgan fingerprint density at radius 2 is 1.92 bits per heavy atom. The van der Waals surface area contributed by atoms with E-state index >= 15 is 0 Å². The van der Waals surface area contributed by atoms with Crippen LogP contribution >= 0.6 is 11.6 Å². The van der Waals surface area contributed by atoms with E-state index in [0.29, 0.717) is 0 Å². The van der Waals surface area contributed by atoms with Crippen LogP contribution in [0.25, 0.3) is 0 Å². The molecule has 0 amide bonds. The molecule has 1 atom stereocenters. The number of halogens is 4. The Hall–Kier alpha value is -0.680. The third kappa shape index (κ3) is 1.30. The number of allylic oxidation sites excluding steroid dienone is 2. The second kappa shape index (κ2) is 2.67. The summed E-state index contributed by atoms with van der Waals surface area (Å²) in [5.41, 5.74) is 9.33. The lowest BCUT2D eigenvalue weighted by Crippen LogP contribution is -2.39. The van der Waals surface area contributed by atoms with Crippen molar-refractivity contribution in [3.63, 3.8) is 0 Å². The maximum atomic E-state index is 12.9. The normalized spacial score (nSPS) is 31.4. The average Bonchev–Trinajstić information content (AvgIpc) is 1.97. The van der Waals surface area contributed by atoms with Crippen molar-refractivity contribution >= 4 is 11.6 Å². The van der Waals surface area contributed by atoms with Crippen LogP contribution in [0.5, 0.6) is 0 Å². The number of alkyl halides is 1. The van der Waals surface area contributed by atoms with Gasteiger partial charge in [0.1, 0.15) is 5.03 Å². The Morgan fingerprint density at radius 1 is 1.42 bits per heavy atom. The van der Waals surface area contributed by atoms with Crippen LogP contribution in [0.4, 0.5) is 13.2 Å². The van der Waals surface area contributed by atoms with Gasteiger partial charge in [-0.3, -0.25) is 5.73 Å². The summed E-state index contributed by atoms with van der Waals surface area (Å²) in [6, 6.07) is 0. The maximum absolute atomic E-state index is 12.9. The van der Waals surface area contributed by atoms with Crippen LogP contribution in [0.2, 0.25) is 0 Å². The van der Waals surface area contributed by atoms with Gasteiger partial charge in [0, 0.05) is 6.42 Å². The molecule has 0 aromatic carbocycles. The third-order valence-corrected chi connectivity index (χ3v) is 1.81. The van der Waals surface area contributed by atoms with E-state index in [2.05, 4.69) is 0 Å². The van der Waals surface area contributed by atoms with E-state index in [1.54, 1.807) is 0 Å². The number of rotatable bonds is 0. The Balaban J connectivity index is 3.20. The molecule has 1 unspecified atom stereocenters. The van der Waals surface area contributed by atoms with E-state index in [1.807, 2.05) is 0 Å². The highest BCUT2D eigenvalue weighted by Crippen LogP contribution is 2.38. The largest absolute Gasteiger partial charge is 0.399 e. The number of nitrogens with two attached hydrogens (primary N) is 2. The van der Waals surface area contributed by atoms with E-state index < -0.39 is 34.6 Å². The highest BCUT2D eigenvalue weighted by atomic mass is 35.5. The van der Waals surface area contributed by atoms with Crippen molar-refractivity contribution in [2.45, 2.75) is 12.2 Å². The Kier molecular flexibility index (Phi) is 2.09. The zero-order valence-corrected chi connectivity index (χ0v) is 6.63. The van der Waals surface area contributed by atoms with Crippen LogP contribution in [0.15, 0.2) is 22.4 Å². The highest BCUT2D eigenvalue weighted by molar-refractivity contribution is 6.32. The van der Waals surface area contributed by atoms with Crippen LogP contribution in [-0.2, 0) is 0 Å². The molecule has 4 N–H and O–H groups in total. The van der Waals surface area contributed by atoms with Crippen molar-refractivity contribution in [3.8, 4) is 0 Å². The minimum Gasteiger partial charge on any atom is -0.399 e. The zero-order chi connectivity index (χ0) is 9.52. The predicted molar refractivity (Wildman–Crippen MR) is 39.0 cm³/mol. The van der Waals surface area contributed by atoms with Crippen LogP contribution in [0.3, 0.4) is 0 Å². The van der Waals surface area contributed by atoms with Gasteiger partial charge in [-0.25, -0.2) is 13.2 Å². The van der Waals surface area contributed by atoms with Crippen LogP contribution in [0, 0.1) is 0 Å². The van der Waals surface area contributed by atoms with Gasteiger partial charge in [0.15, 0.2) is 11.7 Å². The summed E-state index contributed by atoms with van der Waals surface area (Å²) in [6.07, 6.45) is -0.721. The SMILES string of the molecule is NC1=C(F)C(Cl)=C(F)C(N)(F)C1. The van der Waals surface area contributed by atoms with Gasteiger partial charge in [-0.15, -0.1) is 0 Å². The number of hydrogen-bond acceptors (Lipinski definition) is 2. The van der Waals surface area contributed by atoms with E-state index in [0.717, 1.165) is 0 Å². The van der Waals surface area contributed by atoms with Crippen LogP contribution in [-0.4, -0.2) is 5.79 Å². The molecule has 12 heavy (non-hydrogen) atoms. The Morgan fingerprint density at radius 3 is 2.42 bits per heavy atom. The summed E-state index contributed by atoms with van der Waals surface area (Å²) in [6.45, 7) is 0. The van der Waals surface area contributed by atoms with Crippen molar-refractivity contribution < 1.29 is 13.2 Å². The molecule has 2 nitrogen and oxygen atoms in total. The van der Waals surface area contributed by atoms with Crippen molar-refractivity contribution in [1.29, 1.82) is 0 Å². The first-order valence-corrected chi connectivity index (χ1v) is 3.42. The van der Waals surface area contributed by atoms with Gasteiger partial charge >= 0.3 is 0 Å². The lowest BCUT2D eigenvalue weighted by Gasteiger charge is -2.23. The average molecular weight is 199 g/mol. The fraction of sp³-hybridized carbons (Fsp3) is 0.333. The molecule has 1 aliphatic carbocycles. The molecule has 1 aliphatic rings. The van der Waals surface area contributed by atoms with Gasteiger partial charge in [-0.05, 0) is 0 Å². The molecular formula is C6H6ClF3N2. The standard InChI is InChI=1S/C6H6ClF3N2/c7-3-4(8)2(11)1-6(10,12)5(3)9/h1,11-12H2. The maximum Gasteiger partial charge on any atom is 0.218 e. The lowest BCUT2D eigenvalue weighted by atomic mass is 10.0. The minimum atomic E-state index is -2.78. The topological polar surface area (TPSA) is 52.0 Å². The van der Waals surface area contributed by atoms with Crippen molar-refractivity contribution in [2.75, 3.05) is 0 Å². The van der Waals surface area contributed by atoms with Crippen LogP contribution < -0.4 is 11.5 Å². The van der Waals surface area contributed by atoms with E-state index in [4.69, 9.17) is 23.1 Å². The monoisotopic (exact) mass is 198 g/mol. The smallest absolute Gasteiger partial charge is 0.218 e. The zero-order valence-electron chi connectivity index (χ0n) is 5.87. The van der Waals surface area contributed by atoms with Gasteiger partial charge in [0.2, 0.25) is 5.79 Å². The molecule has 0 spiro atoms. The summed E-state index contributed by atoms with van der Waals surface area (Å²) >= 11 is 5.07. The third-order valence-electron chi connectivity index (χ3n) is 1.48. The molecule has 6 heteroatoms. The number of hydrogen-bond donors (Lipinski definition) is 2. The van der Waals surface area contributed by atoms with E-state index in [1.165, 1.54) is 0 Å². The summed E-state index contributed by atoms with van der Waals surface area (Å²) < 4.78 is 38.3. The van der Waals surface area contributed by atoms with Gasteiger partial charge in [0.05, 0.1) is 5.70 Å². The van der Waals surface area contributed by atoms with Crippen molar-refractivity contribution in [1.82, 2.24) is 0 Å². The van der Waals surface area contributed by atoms with E-state index in [9.17, 15) is 13.2 Å². The molecule has 0 radical (unpaired) electrons. The molecule has 0 aliphatic heterocycles. The van der Waals surface area contributed by atoms with E-state index in [-0.39, 0.29) is 0 Å². The summed E-state index contributed by atoms with van der Waals surface area (Å²) in [5.74, 6) is -5.44. The first kappa shape index (κ1) is 9.41. The minimum absolute atomic E-state index is 0.480. The molecular weight excluding hydrogens is 193 g/mol. The molecule has 0 bridgehead atoms. The van der Waals surface area contributed by atoms with Crippen molar-refractivity contribution in [3.05, 3.63) is 22.4 Å². The first-order chi connectivity index (χ1) is 5.36. The first-order valence-electron chi connectivity index (χ1n) is 3.04. The second-order valence-corrected chi connectivity index (χ2v) is 2.88. The quantitative estimate of drug-likeness (QED) is 0.581. The van der Waals surface area contributed by atoms with Gasteiger partial charge < -0.3 is 5.73 Å². The molecule has 0 aromatic heterocycles. The van der Waals surface area contributed by atoms with Gasteiger partial charge in [-0.1, -0.05) is 11.6 Å². The Labute approximate surface area is 71.7 Å². The molecule has 68 valence electrons. The molecule has 0 heterocycles. The summed E-state index contributed by atoms with van der Waals surface area (Å²) in [4.78, 5) is 0. The summed E-state index contributed by atoms with van der Waals surface area (Å²) in [7, 11) is 0. The highest BCUT2D eigenvalue weighted by Gasteiger charge is 2.39. The predicted octanol–water partition coefficient (Wildman–Crippen LogP) is 1.57. The fourth-order valence-corrected chi connectivity index (χ4v) is 1.13. The molecule has 0 fully saturated rings. The molecule has 0 aromatic rings. The van der Waals surface area contributed by atoms with Gasteiger partial charge in [-0.2, -0.15) is 0 Å². The second-order valence-electron chi connectivity index (χ2n) is 2.51. The Bertz CT molecular complexity index is 283. The van der Waals surface area contributed by atoms with Gasteiger partial charge in [0.25, 0.3) is 0 Å². The molecule has 0 saturated heterocycles. The molecule has 1 rings (SSSR count). The van der Waals surface area contributed by atoms with Crippen molar-refractivity contribution in [2.24, 2.45) is 11.5 Å². The molecule has 0 saturated carbocycles. The fourth-order valence-electron chi connectivity index (χ4n) is 0.852.